The average Bonchev–Trinajstić information content (AvgIpc) is 3.10. The van der Waals surface area contributed by atoms with Crippen molar-refractivity contribution in [1.82, 2.24) is 24.6 Å². The molecule has 1 amide bonds. The molecule has 0 spiro atoms. The van der Waals surface area contributed by atoms with Crippen LogP contribution in [0.5, 0.6) is 0 Å². The molecule has 0 aliphatic heterocycles. The number of sulfonamides is 1. The topological polar surface area (TPSA) is 105 Å². The van der Waals surface area contributed by atoms with Gasteiger partial charge < -0.3 is 5.32 Å². The zero-order chi connectivity index (χ0) is 19.3. The predicted molar refractivity (Wildman–Crippen MR) is 101 cm³/mol. The van der Waals surface area contributed by atoms with E-state index in [0.29, 0.717) is 25.8 Å². The number of nitrogens with one attached hydrogen (secondary N) is 2. The molecule has 2 aromatic heterocycles. The number of hydrogen-bond acceptors (Lipinski definition) is 5. The molecule has 0 saturated carbocycles. The number of rotatable bonds is 8. The second-order valence-electron chi connectivity index (χ2n) is 6.00. The fourth-order valence-electron chi connectivity index (χ4n) is 2.67. The normalized spacial score (nSPS) is 11.6. The highest BCUT2D eigenvalue weighted by molar-refractivity contribution is 7.89. The lowest BCUT2D eigenvalue weighted by molar-refractivity contribution is -0.121. The van der Waals surface area contributed by atoms with Gasteiger partial charge in [0.15, 0.2) is 5.65 Å². The highest BCUT2D eigenvalue weighted by Gasteiger charge is 2.11. The van der Waals surface area contributed by atoms with Crippen molar-refractivity contribution < 1.29 is 13.2 Å². The summed E-state index contributed by atoms with van der Waals surface area (Å²) in [7, 11) is -2.07. The van der Waals surface area contributed by atoms with Crippen LogP contribution in [0.4, 0.5) is 0 Å². The van der Waals surface area contributed by atoms with Crippen LogP contribution < -0.4 is 10.0 Å². The summed E-state index contributed by atoms with van der Waals surface area (Å²) < 4.78 is 27.5. The van der Waals surface area contributed by atoms with E-state index in [-0.39, 0.29) is 10.8 Å². The molecular weight excluding hydrogens is 366 g/mol. The summed E-state index contributed by atoms with van der Waals surface area (Å²) in [5.74, 6) is 0.739. The molecule has 0 aliphatic rings. The van der Waals surface area contributed by atoms with Crippen LogP contribution in [0, 0.1) is 0 Å². The van der Waals surface area contributed by atoms with E-state index in [1.807, 2.05) is 28.8 Å². The maximum atomic E-state index is 12.0. The van der Waals surface area contributed by atoms with Crippen LogP contribution in [0.15, 0.2) is 53.6 Å². The van der Waals surface area contributed by atoms with Crippen molar-refractivity contribution in [2.24, 2.45) is 0 Å². The molecule has 1 aromatic carbocycles. The zero-order valence-corrected chi connectivity index (χ0v) is 15.7. The van der Waals surface area contributed by atoms with Crippen LogP contribution in [-0.2, 0) is 27.7 Å². The Hall–Kier alpha value is -2.78. The second kappa shape index (κ2) is 8.28. The van der Waals surface area contributed by atoms with E-state index in [1.165, 1.54) is 19.2 Å². The largest absolute Gasteiger partial charge is 0.356 e. The van der Waals surface area contributed by atoms with Gasteiger partial charge in [-0.2, -0.15) is 0 Å². The first-order chi connectivity index (χ1) is 13.0. The molecule has 3 rings (SSSR count). The van der Waals surface area contributed by atoms with Gasteiger partial charge in [-0.3, -0.25) is 9.20 Å². The van der Waals surface area contributed by atoms with Gasteiger partial charge in [-0.1, -0.05) is 18.2 Å². The van der Waals surface area contributed by atoms with Gasteiger partial charge in [0.2, 0.25) is 15.9 Å². The minimum absolute atomic E-state index is 0.0595. The third-order valence-corrected chi connectivity index (χ3v) is 5.63. The van der Waals surface area contributed by atoms with Crippen molar-refractivity contribution in [2.75, 3.05) is 13.6 Å². The molecule has 142 valence electrons. The first kappa shape index (κ1) is 19.0. The second-order valence-corrected chi connectivity index (χ2v) is 7.88. The van der Waals surface area contributed by atoms with Gasteiger partial charge in [0.1, 0.15) is 5.82 Å². The fourth-order valence-corrected chi connectivity index (χ4v) is 3.40. The molecule has 3 aromatic rings. The van der Waals surface area contributed by atoms with Crippen molar-refractivity contribution in [1.29, 1.82) is 0 Å². The van der Waals surface area contributed by atoms with E-state index in [0.717, 1.165) is 17.0 Å². The number of aromatic nitrogens is 3. The molecule has 0 bridgehead atoms. The van der Waals surface area contributed by atoms with E-state index in [9.17, 15) is 13.2 Å². The number of benzene rings is 1. The molecule has 0 aliphatic carbocycles. The molecule has 9 heteroatoms. The highest BCUT2D eigenvalue weighted by Crippen LogP contribution is 2.11. The molecule has 0 atom stereocenters. The number of fused-ring (bicyclic) bond motifs is 1. The van der Waals surface area contributed by atoms with Crippen LogP contribution in [0.3, 0.4) is 0 Å². The number of pyridine rings is 1. The molecule has 2 N–H and O–H groups in total. The minimum Gasteiger partial charge on any atom is -0.356 e. The Morgan fingerprint density at radius 1 is 1.07 bits per heavy atom. The summed E-state index contributed by atoms with van der Waals surface area (Å²) >= 11 is 0. The number of amides is 1. The van der Waals surface area contributed by atoms with Gasteiger partial charge in [0.25, 0.3) is 0 Å². The number of aryl methyl sites for hydroxylation is 1. The summed E-state index contributed by atoms with van der Waals surface area (Å²) in [5, 5.41) is 11.1. The monoisotopic (exact) mass is 387 g/mol. The smallest absolute Gasteiger partial charge is 0.240 e. The van der Waals surface area contributed by atoms with Crippen LogP contribution in [-0.4, -0.2) is 42.5 Å². The van der Waals surface area contributed by atoms with E-state index >= 15 is 0 Å². The Labute approximate surface area is 157 Å². The standard InChI is InChI=1S/C18H21N5O3S/c1-19-27(25,26)15-8-5-14(6-9-15)7-10-18(24)20-12-11-17-22-21-16-4-2-3-13-23(16)17/h2-6,8-9,13,19H,7,10-12H2,1H3,(H,20,24). The molecule has 2 heterocycles. The van der Waals surface area contributed by atoms with E-state index in [4.69, 9.17) is 0 Å². The summed E-state index contributed by atoms with van der Waals surface area (Å²) in [6.45, 7) is 0.480. The minimum atomic E-state index is -3.44. The van der Waals surface area contributed by atoms with Gasteiger partial charge in [0.05, 0.1) is 4.90 Å². The summed E-state index contributed by atoms with van der Waals surface area (Å²) in [6, 6.07) is 12.2. The van der Waals surface area contributed by atoms with Crippen molar-refractivity contribution in [3.8, 4) is 0 Å². The fraction of sp³-hybridized carbons (Fsp3) is 0.278. The van der Waals surface area contributed by atoms with Gasteiger partial charge in [-0.25, -0.2) is 13.1 Å². The highest BCUT2D eigenvalue weighted by atomic mass is 32.2. The van der Waals surface area contributed by atoms with E-state index < -0.39 is 10.0 Å². The average molecular weight is 387 g/mol. The summed E-state index contributed by atoms with van der Waals surface area (Å²) in [5.41, 5.74) is 1.69. The first-order valence-corrected chi connectivity index (χ1v) is 10.1. The van der Waals surface area contributed by atoms with Crippen LogP contribution >= 0.6 is 0 Å². The maximum absolute atomic E-state index is 12.0. The van der Waals surface area contributed by atoms with E-state index in [1.54, 1.807) is 12.1 Å². The van der Waals surface area contributed by atoms with E-state index in [2.05, 4.69) is 20.2 Å². The van der Waals surface area contributed by atoms with Crippen LogP contribution in [0.1, 0.15) is 17.8 Å². The Morgan fingerprint density at radius 2 is 1.85 bits per heavy atom. The number of carbonyl (C=O) groups is 1. The van der Waals surface area contributed by atoms with Gasteiger partial charge in [-0.05, 0) is 43.3 Å². The Balaban J connectivity index is 1.46. The van der Waals surface area contributed by atoms with Crippen LogP contribution in [0.2, 0.25) is 0 Å². The van der Waals surface area contributed by atoms with Gasteiger partial charge in [0, 0.05) is 25.6 Å². The molecule has 0 saturated heterocycles. The van der Waals surface area contributed by atoms with Crippen molar-refractivity contribution in [3.63, 3.8) is 0 Å². The molecule has 8 nitrogen and oxygen atoms in total. The summed E-state index contributed by atoms with van der Waals surface area (Å²) in [6.07, 6.45) is 3.36. The lowest BCUT2D eigenvalue weighted by Gasteiger charge is -2.06. The van der Waals surface area contributed by atoms with Gasteiger partial charge >= 0.3 is 0 Å². The first-order valence-electron chi connectivity index (χ1n) is 8.57. The SMILES string of the molecule is CNS(=O)(=O)c1ccc(CCC(=O)NCCc2nnc3ccccn23)cc1. The molecule has 0 fully saturated rings. The lowest BCUT2D eigenvalue weighted by atomic mass is 10.1. The Bertz CT molecular complexity index is 1030. The zero-order valence-electron chi connectivity index (χ0n) is 14.9. The Kier molecular flexibility index (Phi) is 5.82. The predicted octanol–water partition coefficient (Wildman–Crippen LogP) is 0.929. The molecular formula is C18H21N5O3S. The van der Waals surface area contributed by atoms with Crippen molar-refractivity contribution in [2.45, 2.75) is 24.2 Å². The number of nitrogens with zero attached hydrogens (tertiary/aromatic N) is 3. The van der Waals surface area contributed by atoms with Crippen LogP contribution in [0.25, 0.3) is 5.65 Å². The van der Waals surface area contributed by atoms with Crippen molar-refractivity contribution >= 4 is 21.6 Å². The Morgan fingerprint density at radius 3 is 2.59 bits per heavy atom. The lowest BCUT2D eigenvalue weighted by Crippen LogP contribution is -2.26. The quantitative estimate of drug-likeness (QED) is 0.598. The third-order valence-electron chi connectivity index (χ3n) is 4.20. The van der Waals surface area contributed by atoms with Crippen molar-refractivity contribution in [3.05, 3.63) is 60.0 Å². The summed E-state index contributed by atoms with van der Waals surface area (Å²) in [4.78, 5) is 12.2. The number of hydrogen-bond donors (Lipinski definition) is 2. The number of carbonyl (C=O) groups excluding carboxylic acids is 1. The van der Waals surface area contributed by atoms with Gasteiger partial charge in [-0.15, -0.1) is 10.2 Å². The molecule has 0 radical (unpaired) electrons. The molecule has 27 heavy (non-hydrogen) atoms. The molecule has 0 unspecified atom stereocenters. The third kappa shape index (κ3) is 4.69. The maximum Gasteiger partial charge on any atom is 0.240 e.